The molecule has 1 atom stereocenters. The van der Waals surface area contributed by atoms with Crippen LogP contribution in [0.25, 0.3) is 0 Å². The molecule has 1 aromatic carbocycles. The van der Waals surface area contributed by atoms with Gasteiger partial charge in [0.2, 0.25) is 0 Å². The van der Waals surface area contributed by atoms with E-state index in [1.54, 1.807) is 4.90 Å². The molecule has 1 heterocycles. The number of aliphatic carboxylic acids is 1. The summed E-state index contributed by atoms with van der Waals surface area (Å²) >= 11 is 0. The Morgan fingerprint density at radius 2 is 1.84 bits per heavy atom. The summed E-state index contributed by atoms with van der Waals surface area (Å²) in [6.45, 7) is 1.82. The van der Waals surface area contributed by atoms with E-state index in [4.69, 9.17) is 5.11 Å². The van der Waals surface area contributed by atoms with Crippen LogP contribution in [-0.4, -0.2) is 39.3 Å². The predicted octanol–water partition coefficient (Wildman–Crippen LogP) is 0.547. The first-order valence-electron chi connectivity index (χ1n) is 5.95. The molecule has 0 aliphatic carbocycles. The van der Waals surface area contributed by atoms with Gasteiger partial charge < -0.3 is 20.4 Å². The van der Waals surface area contributed by atoms with Crippen LogP contribution in [0.15, 0.2) is 24.3 Å². The first-order chi connectivity index (χ1) is 8.90. The number of hydrogen-bond acceptors (Lipinski definition) is 3. The highest BCUT2D eigenvalue weighted by Crippen LogP contribution is 2.21. The number of nitrogens with one attached hydrogen (secondary N) is 1. The molecule has 0 radical (unpaired) electrons. The Morgan fingerprint density at radius 1 is 1.32 bits per heavy atom. The molecule has 1 aliphatic rings. The molecule has 0 bridgehead atoms. The topological polar surface area (TPSA) is 89.9 Å². The Morgan fingerprint density at radius 3 is 2.32 bits per heavy atom. The summed E-state index contributed by atoms with van der Waals surface area (Å²) in [4.78, 5) is 24.2. The Bertz CT molecular complexity index is 488. The van der Waals surface area contributed by atoms with Crippen molar-refractivity contribution in [3.8, 4) is 0 Å². The summed E-state index contributed by atoms with van der Waals surface area (Å²) in [6.07, 6.45) is 0. The predicted molar refractivity (Wildman–Crippen MR) is 67.3 cm³/mol. The molecule has 6 heteroatoms. The number of rotatable bonds is 3. The summed E-state index contributed by atoms with van der Waals surface area (Å²) in [7, 11) is 0. The zero-order valence-electron chi connectivity index (χ0n) is 10.6. The number of carboxylic acid groups (broad SMARTS) is 1. The molecule has 1 aliphatic heterocycles. The zero-order chi connectivity index (χ0) is 14.0. The molecule has 0 saturated heterocycles. The molecular formula is C13H16N2O4. The highest BCUT2D eigenvalue weighted by Gasteiger charge is 2.31. The lowest BCUT2D eigenvalue weighted by atomic mass is 10.1. The van der Waals surface area contributed by atoms with Crippen molar-refractivity contribution in [3.63, 3.8) is 0 Å². The van der Waals surface area contributed by atoms with Gasteiger partial charge in [-0.15, -0.1) is 0 Å². The molecular weight excluding hydrogens is 248 g/mol. The van der Waals surface area contributed by atoms with E-state index >= 15 is 0 Å². The lowest BCUT2D eigenvalue weighted by molar-refractivity contribution is -0.155. The van der Waals surface area contributed by atoms with Crippen LogP contribution in [0.1, 0.15) is 18.1 Å². The van der Waals surface area contributed by atoms with Crippen LogP contribution in [0.3, 0.4) is 0 Å². The molecule has 0 spiro atoms. The maximum absolute atomic E-state index is 11.9. The molecule has 102 valence electrons. The second kappa shape index (κ2) is 4.89. The van der Waals surface area contributed by atoms with Crippen molar-refractivity contribution in [1.82, 2.24) is 10.2 Å². The van der Waals surface area contributed by atoms with Crippen molar-refractivity contribution in [3.05, 3.63) is 35.4 Å². The Balaban J connectivity index is 1.92. The van der Waals surface area contributed by atoms with E-state index in [2.05, 4.69) is 5.32 Å². The highest BCUT2D eigenvalue weighted by atomic mass is 16.4. The number of benzene rings is 1. The maximum atomic E-state index is 11.9. The van der Waals surface area contributed by atoms with Gasteiger partial charge in [-0.1, -0.05) is 24.3 Å². The molecule has 3 N–H and O–H groups in total. The van der Waals surface area contributed by atoms with Gasteiger partial charge >= 0.3 is 12.0 Å². The molecule has 1 unspecified atom stereocenters. The van der Waals surface area contributed by atoms with Crippen molar-refractivity contribution in [1.29, 1.82) is 0 Å². The first kappa shape index (κ1) is 13.4. The van der Waals surface area contributed by atoms with E-state index in [9.17, 15) is 14.7 Å². The van der Waals surface area contributed by atoms with Crippen LogP contribution in [0.4, 0.5) is 4.79 Å². The Kier molecular flexibility index (Phi) is 3.44. The lowest BCUT2D eigenvalue weighted by Crippen LogP contribution is -2.49. The van der Waals surface area contributed by atoms with Gasteiger partial charge in [-0.25, -0.2) is 9.59 Å². The van der Waals surface area contributed by atoms with Crippen LogP contribution in [0, 0.1) is 0 Å². The van der Waals surface area contributed by atoms with E-state index < -0.39 is 11.6 Å². The first-order valence-corrected chi connectivity index (χ1v) is 5.95. The zero-order valence-corrected chi connectivity index (χ0v) is 10.6. The fourth-order valence-electron chi connectivity index (χ4n) is 1.91. The summed E-state index contributed by atoms with van der Waals surface area (Å²) in [6, 6.07) is 7.36. The van der Waals surface area contributed by atoms with E-state index in [0.29, 0.717) is 13.1 Å². The average Bonchev–Trinajstić information content (AvgIpc) is 2.79. The van der Waals surface area contributed by atoms with Gasteiger partial charge in [0.1, 0.15) is 0 Å². The SMILES string of the molecule is CC(O)(CNC(=O)N1Cc2ccccc2C1)C(=O)O. The van der Waals surface area contributed by atoms with Gasteiger partial charge in [-0.05, 0) is 18.1 Å². The quantitative estimate of drug-likeness (QED) is 0.743. The third-order valence-corrected chi connectivity index (χ3v) is 3.17. The normalized spacial score (nSPS) is 16.6. The second-order valence-corrected chi connectivity index (χ2v) is 4.86. The average molecular weight is 264 g/mol. The highest BCUT2D eigenvalue weighted by molar-refractivity contribution is 5.79. The number of amides is 2. The van der Waals surface area contributed by atoms with E-state index in [-0.39, 0.29) is 12.6 Å². The van der Waals surface area contributed by atoms with Crippen molar-refractivity contribution < 1.29 is 19.8 Å². The number of nitrogens with zero attached hydrogens (tertiary/aromatic N) is 1. The van der Waals surface area contributed by atoms with Gasteiger partial charge in [0, 0.05) is 13.1 Å². The fraction of sp³-hybridized carbons (Fsp3) is 0.385. The maximum Gasteiger partial charge on any atom is 0.337 e. The van der Waals surface area contributed by atoms with Crippen molar-refractivity contribution in [2.24, 2.45) is 0 Å². The molecule has 2 amide bonds. The molecule has 0 aromatic heterocycles. The van der Waals surface area contributed by atoms with Crippen molar-refractivity contribution in [2.75, 3.05) is 6.54 Å². The number of hydrogen-bond donors (Lipinski definition) is 3. The van der Waals surface area contributed by atoms with Gasteiger partial charge in [0.25, 0.3) is 0 Å². The van der Waals surface area contributed by atoms with E-state index in [0.717, 1.165) is 18.1 Å². The lowest BCUT2D eigenvalue weighted by Gasteiger charge is -2.21. The minimum absolute atomic E-state index is 0.325. The molecule has 6 nitrogen and oxygen atoms in total. The van der Waals surface area contributed by atoms with E-state index in [1.807, 2.05) is 24.3 Å². The van der Waals surface area contributed by atoms with Gasteiger partial charge in [0.05, 0.1) is 6.54 Å². The molecule has 1 aromatic rings. The van der Waals surface area contributed by atoms with Crippen LogP contribution in [0.2, 0.25) is 0 Å². The van der Waals surface area contributed by atoms with Crippen molar-refractivity contribution >= 4 is 12.0 Å². The monoisotopic (exact) mass is 264 g/mol. The number of carbonyl (C=O) groups excluding carboxylic acids is 1. The summed E-state index contributed by atoms with van der Waals surface area (Å²) in [5.41, 5.74) is 0.215. The largest absolute Gasteiger partial charge is 0.479 e. The molecule has 2 rings (SSSR count). The fourth-order valence-corrected chi connectivity index (χ4v) is 1.91. The van der Waals surface area contributed by atoms with Gasteiger partial charge in [0.15, 0.2) is 5.60 Å². The minimum Gasteiger partial charge on any atom is -0.479 e. The van der Waals surface area contributed by atoms with Crippen molar-refractivity contribution in [2.45, 2.75) is 25.6 Å². The third kappa shape index (κ3) is 2.85. The number of carboxylic acids is 1. The second-order valence-electron chi connectivity index (χ2n) is 4.86. The van der Waals surface area contributed by atoms with E-state index in [1.165, 1.54) is 0 Å². The smallest absolute Gasteiger partial charge is 0.337 e. The standard InChI is InChI=1S/C13H16N2O4/c1-13(19,11(16)17)8-14-12(18)15-6-9-4-2-3-5-10(9)7-15/h2-5,19H,6-8H2,1H3,(H,14,18)(H,16,17). The van der Waals surface area contributed by atoms with Crippen LogP contribution >= 0.6 is 0 Å². The third-order valence-electron chi connectivity index (χ3n) is 3.17. The minimum atomic E-state index is -1.96. The number of fused-ring (bicyclic) bond motifs is 1. The molecule has 0 saturated carbocycles. The van der Waals surface area contributed by atoms with Crippen LogP contribution in [0.5, 0.6) is 0 Å². The Hall–Kier alpha value is -2.08. The number of urea groups is 1. The number of aliphatic hydroxyl groups is 1. The Labute approximate surface area is 110 Å². The van der Waals surface area contributed by atoms with Gasteiger partial charge in [-0.2, -0.15) is 0 Å². The van der Waals surface area contributed by atoms with Gasteiger partial charge in [-0.3, -0.25) is 0 Å². The molecule has 19 heavy (non-hydrogen) atoms. The van der Waals surface area contributed by atoms with Crippen LogP contribution < -0.4 is 5.32 Å². The summed E-state index contributed by atoms with van der Waals surface area (Å²) in [5.74, 6) is -1.36. The summed E-state index contributed by atoms with van der Waals surface area (Å²) in [5, 5.41) is 20.7. The van der Waals surface area contributed by atoms with Crippen LogP contribution in [-0.2, 0) is 17.9 Å². The number of carbonyl (C=O) groups is 2. The molecule has 0 fully saturated rings. The summed E-state index contributed by atoms with van der Waals surface area (Å²) < 4.78 is 0.